The summed E-state index contributed by atoms with van der Waals surface area (Å²) in [4.78, 5) is 27.5. The zero-order valence-corrected chi connectivity index (χ0v) is 19.3. The minimum absolute atomic E-state index is 0.0519. The first-order chi connectivity index (χ1) is 14.8. The van der Waals surface area contributed by atoms with Crippen LogP contribution in [0.3, 0.4) is 0 Å². The van der Waals surface area contributed by atoms with E-state index in [4.69, 9.17) is 0 Å². The molecule has 1 atom stereocenters. The monoisotopic (exact) mass is 476 g/mol. The average Bonchev–Trinajstić information content (AvgIpc) is 3.49. The summed E-state index contributed by atoms with van der Waals surface area (Å²) in [5.41, 5.74) is 0.360. The van der Waals surface area contributed by atoms with Gasteiger partial charge in [-0.3, -0.25) is 9.59 Å². The number of carbonyl (C=O) groups is 1. The van der Waals surface area contributed by atoms with Gasteiger partial charge in [0.1, 0.15) is 6.54 Å². The number of thiophene rings is 2. The molecule has 3 aromatic heterocycles. The summed E-state index contributed by atoms with van der Waals surface area (Å²) in [7, 11) is -0.913. The van der Waals surface area contributed by atoms with Crippen LogP contribution in [0.1, 0.15) is 22.2 Å². The van der Waals surface area contributed by atoms with Gasteiger partial charge >= 0.3 is 0 Å². The first-order valence-electron chi connectivity index (χ1n) is 9.37. The van der Waals surface area contributed by atoms with Crippen LogP contribution in [-0.2, 0) is 21.4 Å². The van der Waals surface area contributed by atoms with Gasteiger partial charge in [-0.05, 0) is 29.0 Å². The summed E-state index contributed by atoms with van der Waals surface area (Å²) >= 11 is 3.10. The molecule has 8 nitrogen and oxygen atoms in total. The van der Waals surface area contributed by atoms with E-state index >= 15 is 0 Å². The Morgan fingerprint density at radius 1 is 1.16 bits per heavy atom. The van der Waals surface area contributed by atoms with Gasteiger partial charge in [-0.25, -0.2) is 17.7 Å². The number of rotatable bonds is 6. The molecule has 0 radical (unpaired) electrons. The van der Waals surface area contributed by atoms with Crippen LogP contribution in [0.5, 0.6) is 0 Å². The van der Waals surface area contributed by atoms with E-state index in [-0.39, 0.29) is 23.4 Å². The molecule has 3 aromatic rings. The Morgan fingerprint density at radius 2 is 1.90 bits per heavy atom. The first-order valence-corrected chi connectivity index (χ1v) is 12.6. The van der Waals surface area contributed by atoms with E-state index in [2.05, 4.69) is 5.10 Å². The molecule has 31 heavy (non-hydrogen) atoms. The van der Waals surface area contributed by atoms with E-state index in [0.717, 1.165) is 30.4 Å². The molecule has 0 unspecified atom stereocenters. The van der Waals surface area contributed by atoms with Crippen molar-refractivity contribution in [3.05, 3.63) is 73.5 Å². The SMILES string of the molecule is CN(C)S(=O)(=O)c1ccc(=O)n(CC(=O)N2N=C(c3cccs3)C[C@H]2c2cccs2)c1. The van der Waals surface area contributed by atoms with Gasteiger partial charge in [0, 0.05) is 37.7 Å². The molecular formula is C20H20N4O4S3. The van der Waals surface area contributed by atoms with Gasteiger partial charge in [0.15, 0.2) is 0 Å². The van der Waals surface area contributed by atoms with Crippen LogP contribution in [0.15, 0.2) is 68.1 Å². The van der Waals surface area contributed by atoms with Crippen molar-refractivity contribution in [1.29, 1.82) is 0 Å². The third-order valence-electron chi connectivity index (χ3n) is 4.88. The van der Waals surface area contributed by atoms with Crippen molar-refractivity contribution in [1.82, 2.24) is 13.9 Å². The molecule has 0 saturated heterocycles. The Kier molecular flexibility index (Phi) is 5.93. The van der Waals surface area contributed by atoms with Gasteiger partial charge < -0.3 is 4.57 Å². The normalized spacial score (nSPS) is 16.7. The lowest BCUT2D eigenvalue weighted by atomic mass is 10.1. The van der Waals surface area contributed by atoms with Crippen molar-refractivity contribution >= 4 is 44.3 Å². The van der Waals surface area contributed by atoms with Crippen molar-refractivity contribution < 1.29 is 13.2 Å². The molecule has 0 N–H and O–H groups in total. The number of pyridine rings is 1. The zero-order chi connectivity index (χ0) is 22.2. The second-order valence-electron chi connectivity index (χ2n) is 7.12. The minimum atomic E-state index is -3.73. The highest BCUT2D eigenvalue weighted by Crippen LogP contribution is 2.36. The lowest BCUT2D eigenvalue weighted by Gasteiger charge is -2.21. The predicted octanol–water partition coefficient (Wildman–Crippen LogP) is 2.60. The Labute approximate surface area is 187 Å². The third-order valence-corrected chi connectivity index (χ3v) is 8.57. The Bertz CT molecular complexity index is 1280. The summed E-state index contributed by atoms with van der Waals surface area (Å²) in [6, 6.07) is 9.92. The van der Waals surface area contributed by atoms with Crippen LogP contribution in [0.25, 0.3) is 0 Å². The molecule has 1 aliphatic rings. The Hall–Kier alpha value is -2.60. The number of carbonyl (C=O) groups excluding carboxylic acids is 1. The molecule has 0 bridgehead atoms. The van der Waals surface area contributed by atoms with Crippen LogP contribution in [0.4, 0.5) is 0 Å². The van der Waals surface area contributed by atoms with E-state index in [0.29, 0.717) is 6.42 Å². The highest BCUT2D eigenvalue weighted by atomic mass is 32.2. The minimum Gasteiger partial charge on any atom is -0.305 e. The smallest absolute Gasteiger partial charge is 0.263 e. The van der Waals surface area contributed by atoms with E-state index in [1.54, 1.807) is 22.7 Å². The largest absolute Gasteiger partial charge is 0.305 e. The van der Waals surface area contributed by atoms with E-state index in [9.17, 15) is 18.0 Å². The number of aromatic nitrogens is 1. The summed E-state index contributed by atoms with van der Waals surface area (Å²) in [5, 5.41) is 9.89. The number of hydrogen-bond donors (Lipinski definition) is 0. The lowest BCUT2D eigenvalue weighted by molar-refractivity contribution is -0.133. The Morgan fingerprint density at radius 3 is 2.55 bits per heavy atom. The maximum atomic E-state index is 13.2. The number of nitrogens with zero attached hydrogens (tertiary/aromatic N) is 4. The molecule has 4 heterocycles. The summed E-state index contributed by atoms with van der Waals surface area (Å²) in [5.74, 6) is -0.383. The van der Waals surface area contributed by atoms with Crippen LogP contribution >= 0.6 is 22.7 Å². The van der Waals surface area contributed by atoms with Gasteiger partial charge in [0.2, 0.25) is 10.0 Å². The van der Waals surface area contributed by atoms with Crippen molar-refractivity contribution in [3.63, 3.8) is 0 Å². The standard InChI is InChI=1S/C20H20N4O4S3/c1-22(2)31(27,28)14-7-8-19(25)23(12-14)13-20(26)24-16(18-6-4-10-30-18)11-15(21-24)17-5-3-9-29-17/h3-10,12,16H,11,13H2,1-2H3/t16-/m0/s1. The van der Waals surface area contributed by atoms with E-state index in [1.165, 1.54) is 31.4 Å². The van der Waals surface area contributed by atoms with Crippen LogP contribution in [0.2, 0.25) is 0 Å². The summed E-state index contributed by atoms with van der Waals surface area (Å²) in [6.07, 6.45) is 1.78. The Balaban J connectivity index is 1.66. The molecule has 0 fully saturated rings. The molecule has 0 aromatic carbocycles. The fourth-order valence-corrected chi connectivity index (χ4v) is 5.70. The zero-order valence-electron chi connectivity index (χ0n) is 16.8. The van der Waals surface area contributed by atoms with Gasteiger partial charge in [0.25, 0.3) is 11.5 Å². The lowest BCUT2D eigenvalue weighted by Crippen LogP contribution is -2.34. The molecule has 11 heteroatoms. The summed E-state index contributed by atoms with van der Waals surface area (Å²) in [6.45, 7) is -0.307. The second kappa shape index (κ2) is 8.50. The third kappa shape index (κ3) is 4.26. The number of hydrogen-bond acceptors (Lipinski definition) is 7. The molecule has 1 amide bonds. The van der Waals surface area contributed by atoms with Crippen molar-refractivity contribution in [2.24, 2.45) is 5.10 Å². The van der Waals surface area contributed by atoms with Gasteiger partial charge in [-0.2, -0.15) is 5.10 Å². The van der Waals surface area contributed by atoms with Gasteiger partial charge in [-0.15, -0.1) is 22.7 Å². The maximum Gasteiger partial charge on any atom is 0.263 e. The quantitative estimate of drug-likeness (QED) is 0.547. The first kappa shape index (κ1) is 21.6. The van der Waals surface area contributed by atoms with Crippen molar-refractivity contribution in [2.45, 2.75) is 23.9 Å². The van der Waals surface area contributed by atoms with Gasteiger partial charge in [-0.1, -0.05) is 12.1 Å². The highest BCUT2D eigenvalue weighted by molar-refractivity contribution is 7.89. The van der Waals surface area contributed by atoms with Crippen molar-refractivity contribution in [3.8, 4) is 0 Å². The highest BCUT2D eigenvalue weighted by Gasteiger charge is 2.34. The molecule has 0 saturated carbocycles. The predicted molar refractivity (Wildman–Crippen MR) is 121 cm³/mol. The second-order valence-corrected chi connectivity index (χ2v) is 11.2. The van der Waals surface area contributed by atoms with Crippen LogP contribution in [-0.4, -0.2) is 48.0 Å². The summed E-state index contributed by atoms with van der Waals surface area (Å²) < 4.78 is 27.0. The number of amides is 1. The number of hydrazone groups is 1. The molecule has 162 valence electrons. The van der Waals surface area contributed by atoms with E-state index < -0.39 is 15.6 Å². The molecule has 0 aliphatic carbocycles. The van der Waals surface area contributed by atoms with Crippen molar-refractivity contribution in [2.75, 3.05) is 14.1 Å². The maximum absolute atomic E-state index is 13.2. The fraction of sp³-hybridized carbons (Fsp3) is 0.250. The van der Waals surface area contributed by atoms with E-state index in [1.807, 2.05) is 35.0 Å². The van der Waals surface area contributed by atoms with Crippen LogP contribution in [0, 0.1) is 0 Å². The fourth-order valence-electron chi connectivity index (χ4n) is 3.25. The number of sulfonamides is 1. The molecule has 4 rings (SSSR count). The molecule has 0 spiro atoms. The molecule has 1 aliphatic heterocycles. The molecular weight excluding hydrogens is 456 g/mol. The van der Waals surface area contributed by atoms with Gasteiger partial charge in [0.05, 0.1) is 21.5 Å². The van der Waals surface area contributed by atoms with Crippen LogP contribution < -0.4 is 5.56 Å². The average molecular weight is 477 g/mol. The topological polar surface area (TPSA) is 92.0 Å².